The van der Waals surface area contributed by atoms with Crippen LogP contribution in [0.5, 0.6) is 5.75 Å². The van der Waals surface area contributed by atoms with Crippen LogP contribution in [0.1, 0.15) is 60.1 Å². The molecule has 6 nitrogen and oxygen atoms in total. The molecule has 1 atom stereocenters. The minimum atomic E-state index is -0.545. The van der Waals surface area contributed by atoms with Crippen molar-refractivity contribution >= 4 is 18.7 Å². The Morgan fingerprint density at radius 2 is 1.81 bits per heavy atom. The Bertz CT molecular complexity index is 694. The van der Waals surface area contributed by atoms with Gasteiger partial charge in [-0.05, 0) is 48.5 Å². The Morgan fingerprint density at radius 1 is 1.19 bits per heavy atom. The van der Waals surface area contributed by atoms with E-state index >= 15 is 0 Å². The standard InChI is InChI=1S/C19H28BNO5/c1-17(2,3)24-16(22)21-14-11-23-15-12(14)9-8-10-13(15)20-25-18(4,5)19(6,7)26-20/h8-10,14H,11H2,1-7H3,(H,21,22). The molecule has 7 heteroatoms. The topological polar surface area (TPSA) is 66.0 Å². The summed E-state index contributed by atoms with van der Waals surface area (Å²) in [6.07, 6.45) is -0.458. The smallest absolute Gasteiger partial charge is 0.491 e. The van der Waals surface area contributed by atoms with Crippen molar-refractivity contribution in [1.29, 1.82) is 0 Å². The first-order valence-corrected chi connectivity index (χ1v) is 9.00. The highest BCUT2D eigenvalue weighted by Crippen LogP contribution is 2.39. The lowest BCUT2D eigenvalue weighted by molar-refractivity contribution is 0.00578. The van der Waals surface area contributed by atoms with E-state index in [1.54, 1.807) is 0 Å². The normalized spacial score (nSPS) is 23.3. The summed E-state index contributed by atoms with van der Waals surface area (Å²) in [7, 11) is -0.504. The maximum Gasteiger partial charge on any atom is 0.498 e. The fourth-order valence-electron chi connectivity index (χ4n) is 3.00. The number of para-hydroxylation sites is 1. The minimum Gasteiger partial charge on any atom is -0.491 e. The molecule has 0 aliphatic carbocycles. The summed E-state index contributed by atoms with van der Waals surface area (Å²) >= 11 is 0. The molecule has 0 spiro atoms. The number of hydrogen-bond acceptors (Lipinski definition) is 5. The number of benzene rings is 1. The van der Waals surface area contributed by atoms with E-state index in [-0.39, 0.29) is 6.04 Å². The molecule has 0 saturated carbocycles. The van der Waals surface area contributed by atoms with Gasteiger partial charge in [-0.15, -0.1) is 0 Å². The first kappa shape index (κ1) is 19.0. The van der Waals surface area contributed by atoms with E-state index < -0.39 is 30.0 Å². The molecule has 142 valence electrons. The molecule has 3 rings (SSSR count). The molecule has 1 unspecified atom stereocenters. The highest BCUT2D eigenvalue weighted by atomic mass is 16.7. The van der Waals surface area contributed by atoms with Crippen LogP contribution in [0.25, 0.3) is 0 Å². The molecular weight excluding hydrogens is 333 g/mol. The Balaban J connectivity index is 1.80. The van der Waals surface area contributed by atoms with Gasteiger partial charge in [-0.25, -0.2) is 4.79 Å². The molecule has 1 amide bonds. The zero-order valence-electron chi connectivity index (χ0n) is 16.6. The second kappa shape index (κ2) is 6.17. The molecule has 26 heavy (non-hydrogen) atoms. The molecule has 1 saturated heterocycles. The predicted octanol–water partition coefficient (Wildman–Crippen LogP) is 2.94. The quantitative estimate of drug-likeness (QED) is 0.821. The highest BCUT2D eigenvalue weighted by molar-refractivity contribution is 6.63. The molecule has 1 aromatic rings. The van der Waals surface area contributed by atoms with Gasteiger partial charge in [0.15, 0.2) is 0 Å². The number of hydrogen-bond donors (Lipinski definition) is 1. The van der Waals surface area contributed by atoms with Crippen molar-refractivity contribution in [2.45, 2.75) is 71.3 Å². The summed E-state index contributed by atoms with van der Waals surface area (Å²) < 4.78 is 23.5. The summed E-state index contributed by atoms with van der Waals surface area (Å²) in [5.41, 5.74) is 0.356. The first-order valence-electron chi connectivity index (χ1n) is 9.00. The van der Waals surface area contributed by atoms with E-state index in [1.165, 1.54) is 0 Å². The van der Waals surface area contributed by atoms with Gasteiger partial charge in [0.2, 0.25) is 0 Å². The van der Waals surface area contributed by atoms with Crippen LogP contribution in [0.15, 0.2) is 18.2 Å². The summed E-state index contributed by atoms with van der Waals surface area (Å²) in [5.74, 6) is 0.715. The third-order valence-corrected chi connectivity index (χ3v) is 5.04. The number of ether oxygens (including phenoxy) is 2. The van der Waals surface area contributed by atoms with E-state index in [0.717, 1.165) is 11.0 Å². The molecule has 1 fully saturated rings. The van der Waals surface area contributed by atoms with Crippen molar-refractivity contribution in [1.82, 2.24) is 5.32 Å². The Kier molecular flexibility index (Phi) is 4.52. The van der Waals surface area contributed by atoms with E-state index in [0.29, 0.717) is 12.4 Å². The van der Waals surface area contributed by atoms with Gasteiger partial charge < -0.3 is 24.1 Å². The van der Waals surface area contributed by atoms with E-state index in [4.69, 9.17) is 18.8 Å². The number of rotatable bonds is 2. The van der Waals surface area contributed by atoms with Crippen LogP contribution in [0.4, 0.5) is 4.79 Å². The van der Waals surface area contributed by atoms with Crippen molar-refractivity contribution in [3.8, 4) is 5.75 Å². The van der Waals surface area contributed by atoms with E-state index in [2.05, 4.69) is 5.32 Å². The maximum absolute atomic E-state index is 12.1. The molecule has 0 radical (unpaired) electrons. The summed E-state index contributed by atoms with van der Waals surface area (Å²) in [6.45, 7) is 13.9. The van der Waals surface area contributed by atoms with Crippen molar-refractivity contribution in [3.05, 3.63) is 23.8 Å². The van der Waals surface area contributed by atoms with Gasteiger partial charge in [0.1, 0.15) is 18.0 Å². The SMILES string of the molecule is CC(C)(C)OC(=O)NC1COc2c(B3OC(C)(C)C(C)(C)O3)cccc21. The van der Waals surface area contributed by atoms with Gasteiger partial charge in [0.05, 0.1) is 17.2 Å². The molecule has 2 aliphatic rings. The van der Waals surface area contributed by atoms with Gasteiger partial charge in [-0.1, -0.05) is 18.2 Å². The van der Waals surface area contributed by atoms with Crippen LogP contribution in [0.3, 0.4) is 0 Å². The van der Waals surface area contributed by atoms with Crippen LogP contribution in [0, 0.1) is 0 Å². The third-order valence-electron chi connectivity index (χ3n) is 5.04. The molecular formula is C19H28BNO5. The van der Waals surface area contributed by atoms with E-state index in [1.807, 2.05) is 66.7 Å². The predicted molar refractivity (Wildman–Crippen MR) is 99.8 cm³/mol. The zero-order chi connectivity index (χ0) is 19.3. The highest BCUT2D eigenvalue weighted by Gasteiger charge is 2.53. The van der Waals surface area contributed by atoms with Crippen molar-refractivity contribution in [2.24, 2.45) is 0 Å². The summed E-state index contributed by atoms with van der Waals surface area (Å²) in [4.78, 5) is 12.1. The first-order chi connectivity index (χ1) is 11.9. The van der Waals surface area contributed by atoms with Crippen LogP contribution < -0.4 is 15.5 Å². The summed E-state index contributed by atoms with van der Waals surface area (Å²) in [6, 6.07) is 5.55. The average molecular weight is 361 g/mol. The fraction of sp³-hybridized carbons (Fsp3) is 0.632. The zero-order valence-corrected chi connectivity index (χ0v) is 16.6. The number of alkyl carbamates (subject to hydrolysis) is 1. The molecule has 2 heterocycles. The number of nitrogens with one attached hydrogen (secondary N) is 1. The van der Waals surface area contributed by atoms with Crippen LogP contribution in [-0.2, 0) is 14.0 Å². The fourth-order valence-corrected chi connectivity index (χ4v) is 3.00. The lowest BCUT2D eigenvalue weighted by Crippen LogP contribution is -2.41. The lowest BCUT2D eigenvalue weighted by Gasteiger charge is -2.32. The van der Waals surface area contributed by atoms with Crippen LogP contribution >= 0.6 is 0 Å². The third kappa shape index (κ3) is 3.55. The lowest BCUT2D eigenvalue weighted by atomic mass is 9.77. The van der Waals surface area contributed by atoms with Crippen LogP contribution in [0.2, 0.25) is 0 Å². The number of amides is 1. The van der Waals surface area contributed by atoms with Crippen molar-refractivity contribution < 1.29 is 23.6 Å². The van der Waals surface area contributed by atoms with Gasteiger partial charge in [-0.3, -0.25) is 0 Å². The van der Waals surface area contributed by atoms with Gasteiger partial charge in [0, 0.05) is 11.0 Å². The summed E-state index contributed by atoms with van der Waals surface area (Å²) in [5, 5.41) is 2.87. The Labute approximate surface area is 155 Å². The molecule has 2 aliphatic heterocycles. The second-order valence-electron chi connectivity index (χ2n) is 8.86. The van der Waals surface area contributed by atoms with Gasteiger partial charge in [0.25, 0.3) is 0 Å². The average Bonchev–Trinajstić information content (AvgIpc) is 2.95. The largest absolute Gasteiger partial charge is 0.498 e. The second-order valence-corrected chi connectivity index (χ2v) is 8.86. The molecule has 1 N–H and O–H groups in total. The maximum atomic E-state index is 12.1. The van der Waals surface area contributed by atoms with Gasteiger partial charge >= 0.3 is 13.2 Å². The van der Waals surface area contributed by atoms with Crippen LogP contribution in [-0.4, -0.2) is 36.6 Å². The molecule has 0 aromatic heterocycles. The number of fused-ring (bicyclic) bond motifs is 1. The number of carbonyl (C=O) groups excluding carboxylic acids is 1. The van der Waals surface area contributed by atoms with Gasteiger partial charge in [-0.2, -0.15) is 0 Å². The molecule has 0 bridgehead atoms. The van der Waals surface area contributed by atoms with Crippen molar-refractivity contribution in [3.63, 3.8) is 0 Å². The van der Waals surface area contributed by atoms with Crippen molar-refractivity contribution in [2.75, 3.05) is 6.61 Å². The minimum absolute atomic E-state index is 0.262. The molecule has 1 aromatic carbocycles. The van der Waals surface area contributed by atoms with E-state index in [9.17, 15) is 4.79 Å². The monoisotopic (exact) mass is 361 g/mol. The Hall–Kier alpha value is -1.73. The number of carbonyl (C=O) groups is 1. The Morgan fingerprint density at radius 3 is 2.38 bits per heavy atom.